The molecule has 1 atom stereocenters. The number of nitrogens with one attached hydrogen (secondary N) is 2. The standard InChI is InChI=1S/C20H23N3O3/c1-13-4-9-18(14(2)10-13)22-20(25)21-15-11-19(24)23(12-15)16-5-7-17(26-3)8-6-16/h4-10,15H,11-12H2,1-3H3,(H2,21,22,25). The van der Waals surface area contributed by atoms with Crippen LogP contribution in [0.4, 0.5) is 16.2 Å². The molecule has 1 heterocycles. The van der Waals surface area contributed by atoms with E-state index in [0.717, 1.165) is 28.3 Å². The molecule has 2 aromatic carbocycles. The van der Waals surface area contributed by atoms with E-state index in [1.54, 1.807) is 12.0 Å². The largest absolute Gasteiger partial charge is 0.497 e. The first-order valence-corrected chi connectivity index (χ1v) is 8.55. The van der Waals surface area contributed by atoms with E-state index in [1.807, 2.05) is 56.3 Å². The van der Waals surface area contributed by atoms with Crippen molar-refractivity contribution in [3.05, 3.63) is 53.6 Å². The molecule has 6 heteroatoms. The van der Waals surface area contributed by atoms with Crippen LogP contribution in [0, 0.1) is 13.8 Å². The van der Waals surface area contributed by atoms with Gasteiger partial charge in [-0.05, 0) is 49.7 Å². The second-order valence-electron chi connectivity index (χ2n) is 6.52. The minimum atomic E-state index is -0.300. The number of nitrogens with zero attached hydrogens (tertiary/aromatic N) is 1. The predicted octanol–water partition coefficient (Wildman–Crippen LogP) is 3.24. The molecule has 1 aliphatic heterocycles. The first-order chi connectivity index (χ1) is 12.5. The number of aryl methyl sites for hydroxylation is 2. The summed E-state index contributed by atoms with van der Waals surface area (Å²) in [5.41, 5.74) is 3.71. The highest BCUT2D eigenvalue weighted by Crippen LogP contribution is 2.24. The summed E-state index contributed by atoms with van der Waals surface area (Å²) in [6, 6.07) is 12.6. The molecule has 0 saturated carbocycles. The van der Waals surface area contributed by atoms with Gasteiger partial charge in [0.1, 0.15) is 5.75 Å². The Morgan fingerprint density at radius 2 is 1.88 bits per heavy atom. The molecule has 1 saturated heterocycles. The number of carbonyl (C=O) groups is 2. The zero-order valence-electron chi connectivity index (χ0n) is 15.2. The van der Waals surface area contributed by atoms with Gasteiger partial charge in [0.15, 0.2) is 0 Å². The van der Waals surface area contributed by atoms with Gasteiger partial charge >= 0.3 is 6.03 Å². The summed E-state index contributed by atoms with van der Waals surface area (Å²) in [5, 5.41) is 5.74. The van der Waals surface area contributed by atoms with Crippen molar-refractivity contribution in [1.82, 2.24) is 5.32 Å². The number of anilines is 2. The van der Waals surface area contributed by atoms with Crippen LogP contribution in [0.2, 0.25) is 0 Å². The molecule has 1 fully saturated rings. The van der Waals surface area contributed by atoms with Crippen molar-refractivity contribution in [1.29, 1.82) is 0 Å². The molecule has 0 aromatic heterocycles. The first-order valence-electron chi connectivity index (χ1n) is 8.55. The zero-order chi connectivity index (χ0) is 18.7. The highest BCUT2D eigenvalue weighted by Gasteiger charge is 2.31. The Hall–Kier alpha value is -3.02. The normalized spacial score (nSPS) is 16.5. The number of amides is 3. The molecule has 1 unspecified atom stereocenters. The Balaban J connectivity index is 1.60. The Bertz CT molecular complexity index is 818. The van der Waals surface area contributed by atoms with E-state index in [4.69, 9.17) is 4.74 Å². The van der Waals surface area contributed by atoms with E-state index in [-0.39, 0.29) is 24.4 Å². The maximum absolute atomic E-state index is 12.3. The molecule has 136 valence electrons. The number of rotatable bonds is 4. The van der Waals surface area contributed by atoms with E-state index in [9.17, 15) is 9.59 Å². The average molecular weight is 353 g/mol. The van der Waals surface area contributed by atoms with E-state index in [0.29, 0.717) is 6.54 Å². The highest BCUT2D eigenvalue weighted by molar-refractivity contribution is 5.97. The molecule has 26 heavy (non-hydrogen) atoms. The van der Waals surface area contributed by atoms with Crippen LogP contribution < -0.4 is 20.3 Å². The van der Waals surface area contributed by atoms with Crippen LogP contribution in [-0.4, -0.2) is 31.6 Å². The van der Waals surface area contributed by atoms with Crippen molar-refractivity contribution >= 4 is 23.3 Å². The third kappa shape index (κ3) is 3.96. The van der Waals surface area contributed by atoms with Gasteiger partial charge in [-0.25, -0.2) is 4.79 Å². The topological polar surface area (TPSA) is 70.7 Å². The van der Waals surface area contributed by atoms with Crippen LogP contribution in [0.1, 0.15) is 17.5 Å². The summed E-state index contributed by atoms with van der Waals surface area (Å²) < 4.78 is 5.14. The summed E-state index contributed by atoms with van der Waals surface area (Å²) in [7, 11) is 1.60. The molecule has 6 nitrogen and oxygen atoms in total. The van der Waals surface area contributed by atoms with E-state index in [1.165, 1.54) is 0 Å². The molecule has 0 spiro atoms. The zero-order valence-corrected chi connectivity index (χ0v) is 15.2. The quantitative estimate of drug-likeness (QED) is 0.886. The Kier molecular flexibility index (Phi) is 5.11. The van der Waals surface area contributed by atoms with E-state index < -0.39 is 0 Å². The van der Waals surface area contributed by atoms with E-state index in [2.05, 4.69) is 10.6 Å². The first kappa shape index (κ1) is 17.8. The summed E-state index contributed by atoms with van der Waals surface area (Å²) in [4.78, 5) is 26.2. The smallest absolute Gasteiger partial charge is 0.319 e. The van der Waals surface area contributed by atoms with Crippen molar-refractivity contribution < 1.29 is 14.3 Å². The summed E-state index contributed by atoms with van der Waals surface area (Å²) in [6.45, 7) is 4.41. The third-order valence-electron chi connectivity index (χ3n) is 4.47. The molecular formula is C20H23N3O3. The second-order valence-corrected chi connectivity index (χ2v) is 6.52. The lowest BCUT2D eigenvalue weighted by atomic mass is 10.1. The molecule has 2 N–H and O–H groups in total. The molecule has 0 aliphatic carbocycles. The second kappa shape index (κ2) is 7.47. The summed E-state index contributed by atoms with van der Waals surface area (Å²) in [6.07, 6.45) is 0.284. The molecule has 1 aliphatic rings. The van der Waals surface area contributed by atoms with Crippen LogP contribution in [0.3, 0.4) is 0 Å². The van der Waals surface area contributed by atoms with Gasteiger partial charge < -0.3 is 20.3 Å². The Labute approximate surface area is 153 Å². The third-order valence-corrected chi connectivity index (χ3v) is 4.47. The van der Waals surface area contributed by atoms with Gasteiger partial charge in [-0.2, -0.15) is 0 Å². The number of carbonyl (C=O) groups excluding carboxylic acids is 2. The fourth-order valence-electron chi connectivity index (χ4n) is 3.11. The van der Waals surface area contributed by atoms with Gasteiger partial charge in [0.25, 0.3) is 0 Å². The lowest BCUT2D eigenvalue weighted by Crippen LogP contribution is -2.39. The van der Waals surface area contributed by atoms with Crippen molar-refractivity contribution in [2.45, 2.75) is 26.3 Å². The lowest BCUT2D eigenvalue weighted by molar-refractivity contribution is -0.117. The van der Waals surface area contributed by atoms with Crippen molar-refractivity contribution in [2.24, 2.45) is 0 Å². The van der Waals surface area contributed by atoms with Crippen molar-refractivity contribution in [3.63, 3.8) is 0 Å². The van der Waals surface area contributed by atoms with Gasteiger partial charge in [0, 0.05) is 24.3 Å². The fourth-order valence-corrected chi connectivity index (χ4v) is 3.11. The maximum atomic E-state index is 12.3. The van der Waals surface area contributed by atoms with Gasteiger partial charge in [0.2, 0.25) is 5.91 Å². The van der Waals surface area contributed by atoms with Crippen LogP contribution in [-0.2, 0) is 4.79 Å². The molecule has 0 bridgehead atoms. The molecule has 3 amide bonds. The van der Waals surface area contributed by atoms with Crippen molar-refractivity contribution in [2.75, 3.05) is 23.9 Å². The predicted molar refractivity (Wildman–Crippen MR) is 102 cm³/mol. The van der Waals surface area contributed by atoms with Gasteiger partial charge in [-0.3, -0.25) is 4.79 Å². The van der Waals surface area contributed by atoms with Gasteiger partial charge in [-0.1, -0.05) is 17.7 Å². The molecular weight excluding hydrogens is 330 g/mol. The summed E-state index contributed by atoms with van der Waals surface area (Å²) in [5.74, 6) is 0.731. The van der Waals surface area contributed by atoms with Gasteiger partial charge in [0.05, 0.1) is 13.2 Å². The molecule has 0 radical (unpaired) electrons. The number of hydrogen-bond acceptors (Lipinski definition) is 3. The number of urea groups is 1. The number of methoxy groups -OCH3 is 1. The minimum Gasteiger partial charge on any atom is -0.497 e. The fraction of sp³-hybridized carbons (Fsp3) is 0.300. The minimum absolute atomic E-state index is 0.00742. The van der Waals surface area contributed by atoms with Crippen LogP contribution >= 0.6 is 0 Å². The Morgan fingerprint density at radius 1 is 1.15 bits per heavy atom. The van der Waals surface area contributed by atoms with E-state index >= 15 is 0 Å². The number of ether oxygens (including phenoxy) is 1. The van der Waals surface area contributed by atoms with Crippen LogP contribution in [0.25, 0.3) is 0 Å². The van der Waals surface area contributed by atoms with Crippen LogP contribution in [0.15, 0.2) is 42.5 Å². The number of hydrogen-bond donors (Lipinski definition) is 2. The summed E-state index contributed by atoms with van der Waals surface area (Å²) >= 11 is 0. The van der Waals surface area contributed by atoms with Crippen molar-refractivity contribution in [3.8, 4) is 5.75 Å². The Morgan fingerprint density at radius 3 is 2.54 bits per heavy atom. The SMILES string of the molecule is COc1ccc(N2CC(NC(=O)Nc3ccc(C)cc3C)CC2=O)cc1. The lowest BCUT2D eigenvalue weighted by Gasteiger charge is -2.18. The highest BCUT2D eigenvalue weighted by atomic mass is 16.5. The number of benzene rings is 2. The molecule has 3 rings (SSSR count). The monoisotopic (exact) mass is 353 g/mol. The van der Waals surface area contributed by atoms with Gasteiger partial charge in [-0.15, -0.1) is 0 Å². The van der Waals surface area contributed by atoms with Crippen LogP contribution in [0.5, 0.6) is 5.75 Å². The average Bonchev–Trinajstić information content (AvgIpc) is 2.97. The molecule has 2 aromatic rings. The maximum Gasteiger partial charge on any atom is 0.319 e.